The first-order valence-electron chi connectivity index (χ1n) is 7.52. The second-order valence-electron chi connectivity index (χ2n) is 6.01. The molecule has 6 nitrogen and oxygen atoms in total. The SMILES string of the molecule is Cc1ccc(-n2ccn3c(=O)n(CC4CC4)nc3c2=O)cc1Cl. The van der Waals surface area contributed by atoms with Crippen LogP contribution in [0.3, 0.4) is 0 Å². The van der Waals surface area contributed by atoms with Gasteiger partial charge in [-0.3, -0.25) is 9.36 Å². The van der Waals surface area contributed by atoms with Crippen LogP contribution in [-0.4, -0.2) is 18.7 Å². The summed E-state index contributed by atoms with van der Waals surface area (Å²) in [5, 5.41) is 4.81. The van der Waals surface area contributed by atoms with E-state index in [-0.39, 0.29) is 16.9 Å². The number of hydrogen-bond acceptors (Lipinski definition) is 3. The van der Waals surface area contributed by atoms with Crippen LogP contribution in [0.4, 0.5) is 0 Å². The number of benzene rings is 1. The molecule has 0 unspecified atom stereocenters. The molecule has 1 aromatic carbocycles. The summed E-state index contributed by atoms with van der Waals surface area (Å²) in [7, 11) is 0. The average Bonchev–Trinajstić information content (AvgIpc) is 3.29. The van der Waals surface area contributed by atoms with Gasteiger partial charge in [-0.1, -0.05) is 17.7 Å². The molecular weight excluding hydrogens is 316 g/mol. The topological polar surface area (TPSA) is 61.3 Å². The Kier molecular flexibility index (Phi) is 3.16. The number of fused-ring (bicyclic) bond motifs is 1. The second-order valence-corrected chi connectivity index (χ2v) is 6.42. The van der Waals surface area contributed by atoms with Crippen LogP contribution in [0.15, 0.2) is 40.2 Å². The number of hydrogen-bond donors (Lipinski definition) is 0. The summed E-state index contributed by atoms with van der Waals surface area (Å²) in [6.45, 7) is 2.48. The Morgan fingerprint density at radius 1 is 1.26 bits per heavy atom. The van der Waals surface area contributed by atoms with E-state index in [0.29, 0.717) is 23.2 Å². The Morgan fingerprint density at radius 3 is 2.74 bits per heavy atom. The van der Waals surface area contributed by atoms with Crippen molar-refractivity contribution < 1.29 is 0 Å². The third kappa shape index (κ3) is 2.39. The van der Waals surface area contributed by atoms with Crippen molar-refractivity contribution in [2.24, 2.45) is 5.92 Å². The van der Waals surface area contributed by atoms with Crippen molar-refractivity contribution in [3.8, 4) is 5.69 Å². The summed E-state index contributed by atoms with van der Waals surface area (Å²) in [6, 6.07) is 5.40. The molecule has 1 fully saturated rings. The second kappa shape index (κ2) is 5.09. The highest BCUT2D eigenvalue weighted by atomic mass is 35.5. The van der Waals surface area contributed by atoms with Gasteiger partial charge in [0.2, 0.25) is 5.65 Å². The summed E-state index contributed by atoms with van der Waals surface area (Å²) in [6.07, 6.45) is 5.38. The minimum atomic E-state index is -0.334. The molecule has 7 heteroatoms. The first-order chi connectivity index (χ1) is 11.0. The normalized spacial score (nSPS) is 14.5. The lowest BCUT2D eigenvalue weighted by Gasteiger charge is -2.07. The fraction of sp³-hybridized carbons (Fsp3) is 0.312. The zero-order valence-corrected chi connectivity index (χ0v) is 13.3. The Labute approximate surface area is 136 Å². The number of nitrogens with zero attached hydrogens (tertiary/aromatic N) is 4. The molecule has 1 aliphatic rings. The number of aromatic nitrogens is 4. The fourth-order valence-corrected chi connectivity index (χ4v) is 2.78. The van der Waals surface area contributed by atoms with E-state index in [2.05, 4.69) is 5.10 Å². The Bertz CT molecular complexity index is 1030. The Morgan fingerprint density at radius 2 is 2.04 bits per heavy atom. The predicted octanol–water partition coefficient (Wildman–Crippen LogP) is 2.02. The highest BCUT2D eigenvalue weighted by molar-refractivity contribution is 6.31. The van der Waals surface area contributed by atoms with Crippen LogP contribution >= 0.6 is 11.6 Å². The smallest absolute Gasteiger partial charge is 0.280 e. The van der Waals surface area contributed by atoms with E-state index in [1.807, 2.05) is 19.1 Å². The van der Waals surface area contributed by atoms with Crippen molar-refractivity contribution in [3.05, 3.63) is 62.0 Å². The Balaban J connectivity index is 1.88. The molecule has 0 amide bonds. The van der Waals surface area contributed by atoms with Crippen molar-refractivity contribution in [2.45, 2.75) is 26.3 Å². The van der Waals surface area contributed by atoms with Gasteiger partial charge in [0.1, 0.15) is 0 Å². The number of aryl methyl sites for hydroxylation is 1. The van der Waals surface area contributed by atoms with Crippen molar-refractivity contribution >= 4 is 17.2 Å². The molecular formula is C16H15ClN4O2. The van der Waals surface area contributed by atoms with E-state index in [1.165, 1.54) is 13.6 Å². The van der Waals surface area contributed by atoms with Crippen molar-refractivity contribution in [2.75, 3.05) is 0 Å². The first-order valence-corrected chi connectivity index (χ1v) is 7.90. The molecule has 0 N–H and O–H groups in total. The first kappa shape index (κ1) is 14.3. The van der Waals surface area contributed by atoms with Crippen LogP contribution < -0.4 is 11.2 Å². The van der Waals surface area contributed by atoms with Crippen LogP contribution in [0.5, 0.6) is 0 Å². The third-order valence-corrected chi connectivity index (χ3v) is 4.61. The molecule has 23 heavy (non-hydrogen) atoms. The lowest BCUT2D eigenvalue weighted by molar-refractivity contribution is 0.545. The van der Waals surface area contributed by atoms with E-state index in [9.17, 15) is 9.59 Å². The minimum Gasteiger partial charge on any atom is -0.280 e. The van der Waals surface area contributed by atoms with E-state index < -0.39 is 0 Å². The molecule has 0 aliphatic heterocycles. The van der Waals surface area contributed by atoms with Gasteiger partial charge in [-0.05, 0) is 43.4 Å². The number of halogens is 1. The van der Waals surface area contributed by atoms with Gasteiger partial charge in [-0.2, -0.15) is 0 Å². The van der Waals surface area contributed by atoms with Gasteiger partial charge in [-0.25, -0.2) is 13.9 Å². The molecule has 3 aromatic rings. The van der Waals surface area contributed by atoms with Crippen LogP contribution in [-0.2, 0) is 6.54 Å². The van der Waals surface area contributed by atoms with Gasteiger partial charge in [-0.15, -0.1) is 5.10 Å². The number of rotatable bonds is 3. The molecule has 0 bridgehead atoms. The molecule has 4 rings (SSSR count). The maximum Gasteiger partial charge on any atom is 0.350 e. The van der Waals surface area contributed by atoms with Crippen LogP contribution in [0, 0.1) is 12.8 Å². The molecule has 2 heterocycles. The highest BCUT2D eigenvalue weighted by Gasteiger charge is 2.24. The fourth-order valence-electron chi connectivity index (χ4n) is 2.61. The summed E-state index contributed by atoms with van der Waals surface area (Å²) < 4.78 is 4.15. The maximum atomic E-state index is 12.7. The van der Waals surface area contributed by atoms with Gasteiger partial charge in [0.25, 0.3) is 0 Å². The van der Waals surface area contributed by atoms with Crippen LogP contribution in [0.1, 0.15) is 18.4 Å². The van der Waals surface area contributed by atoms with Crippen molar-refractivity contribution in [1.82, 2.24) is 18.7 Å². The van der Waals surface area contributed by atoms with E-state index in [1.54, 1.807) is 18.5 Å². The predicted molar refractivity (Wildman–Crippen MR) is 87.5 cm³/mol. The average molecular weight is 331 g/mol. The van der Waals surface area contributed by atoms with Crippen molar-refractivity contribution in [1.29, 1.82) is 0 Å². The molecule has 0 atom stereocenters. The summed E-state index contributed by atoms with van der Waals surface area (Å²) in [5.74, 6) is 0.510. The van der Waals surface area contributed by atoms with Crippen molar-refractivity contribution in [3.63, 3.8) is 0 Å². The summed E-state index contributed by atoms with van der Waals surface area (Å²) >= 11 is 6.14. The molecule has 0 spiro atoms. The van der Waals surface area contributed by atoms with E-state index >= 15 is 0 Å². The summed E-state index contributed by atoms with van der Waals surface area (Å²) in [4.78, 5) is 25.0. The minimum absolute atomic E-state index is 0.134. The molecule has 118 valence electrons. The molecule has 2 aromatic heterocycles. The van der Waals surface area contributed by atoms with Gasteiger partial charge in [0.05, 0.1) is 5.69 Å². The maximum absolute atomic E-state index is 12.7. The monoisotopic (exact) mass is 330 g/mol. The quantitative estimate of drug-likeness (QED) is 0.738. The van der Waals surface area contributed by atoms with Crippen LogP contribution in [0.2, 0.25) is 5.02 Å². The largest absolute Gasteiger partial charge is 0.350 e. The van der Waals surface area contributed by atoms with E-state index in [4.69, 9.17) is 11.6 Å². The zero-order valence-electron chi connectivity index (χ0n) is 12.6. The molecule has 1 saturated carbocycles. The lowest BCUT2D eigenvalue weighted by atomic mass is 10.2. The molecule has 1 aliphatic carbocycles. The Hall–Kier alpha value is -2.34. The molecule has 0 saturated heterocycles. The van der Waals surface area contributed by atoms with E-state index in [0.717, 1.165) is 18.4 Å². The third-order valence-electron chi connectivity index (χ3n) is 4.21. The molecule has 0 radical (unpaired) electrons. The van der Waals surface area contributed by atoms with Gasteiger partial charge >= 0.3 is 11.2 Å². The standard InChI is InChI=1S/C16H15ClN4O2/c1-10-2-5-12(8-13(10)17)19-6-7-20-14(15(19)22)18-21(16(20)23)9-11-3-4-11/h2,5-8,11H,3-4,9H2,1H3. The van der Waals surface area contributed by atoms with Gasteiger partial charge in [0.15, 0.2) is 0 Å². The summed E-state index contributed by atoms with van der Waals surface area (Å²) in [5.41, 5.74) is 1.12. The zero-order chi connectivity index (χ0) is 16.1. The van der Waals surface area contributed by atoms with Crippen LogP contribution in [0.25, 0.3) is 11.3 Å². The van der Waals surface area contributed by atoms with Gasteiger partial charge in [0, 0.05) is 24.0 Å². The lowest BCUT2D eigenvalue weighted by Crippen LogP contribution is -2.24. The van der Waals surface area contributed by atoms with Gasteiger partial charge < -0.3 is 0 Å². The highest BCUT2D eigenvalue weighted by Crippen LogP contribution is 2.29.